The Morgan fingerprint density at radius 3 is 2.68 bits per heavy atom. The van der Waals surface area contributed by atoms with Gasteiger partial charge < -0.3 is 21.9 Å². The Morgan fingerprint density at radius 1 is 1.36 bits per heavy atom. The highest BCUT2D eigenvalue weighted by Crippen LogP contribution is 2.07. The number of amides is 1. The number of hydrogen-bond donors (Lipinski definition) is 4. The Labute approximate surface area is 129 Å². The SMILES string of the molecule is CC(N)=NCc1cccc(CNC(=O)[C@@H](N)CCC(=O)O)c1. The summed E-state index contributed by atoms with van der Waals surface area (Å²) >= 11 is 0. The summed E-state index contributed by atoms with van der Waals surface area (Å²) in [7, 11) is 0. The van der Waals surface area contributed by atoms with Crippen molar-refractivity contribution in [1.29, 1.82) is 0 Å². The van der Waals surface area contributed by atoms with E-state index in [1.807, 2.05) is 24.3 Å². The molecule has 22 heavy (non-hydrogen) atoms. The smallest absolute Gasteiger partial charge is 0.303 e. The van der Waals surface area contributed by atoms with Gasteiger partial charge in [0.2, 0.25) is 5.91 Å². The molecule has 1 aromatic rings. The molecule has 0 radical (unpaired) electrons. The molecule has 120 valence electrons. The van der Waals surface area contributed by atoms with Crippen LogP contribution in [0.3, 0.4) is 0 Å². The summed E-state index contributed by atoms with van der Waals surface area (Å²) in [5.74, 6) is -0.808. The molecule has 0 heterocycles. The van der Waals surface area contributed by atoms with E-state index < -0.39 is 12.0 Å². The lowest BCUT2D eigenvalue weighted by Gasteiger charge is -2.11. The molecule has 0 aliphatic heterocycles. The molecule has 0 saturated heterocycles. The van der Waals surface area contributed by atoms with Crippen LogP contribution in [-0.4, -0.2) is 28.9 Å². The average Bonchev–Trinajstić information content (AvgIpc) is 2.48. The zero-order valence-electron chi connectivity index (χ0n) is 12.6. The number of rotatable bonds is 8. The second kappa shape index (κ2) is 8.78. The highest BCUT2D eigenvalue weighted by molar-refractivity contribution is 5.82. The van der Waals surface area contributed by atoms with Crippen molar-refractivity contribution in [1.82, 2.24) is 5.32 Å². The number of nitrogens with zero attached hydrogens (tertiary/aromatic N) is 1. The number of carboxylic acid groups (broad SMARTS) is 1. The topological polar surface area (TPSA) is 131 Å². The summed E-state index contributed by atoms with van der Waals surface area (Å²) in [6.45, 7) is 2.55. The molecule has 7 heteroatoms. The molecule has 0 unspecified atom stereocenters. The van der Waals surface area contributed by atoms with Gasteiger partial charge in [-0.1, -0.05) is 24.3 Å². The van der Waals surface area contributed by atoms with E-state index in [0.29, 0.717) is 18.9 Å². The highest BCUT2D eigenvalue weighted by Gasteiger charge is 2.14. The van der Waals surface area contributed by atoms with Crippen molar-refractivity contribution in [2.24, 2.45) is 16.5 Å². The summed E-state index contributed by atoms with van der Waals surface area (Å²) in [6, 6.07) is 6.80. The molecular formula is C15H22N4O3. The van der Waals surface area contributed by atoms with Crippen molar-refractivity contribution < 1.29 is 14.7 Å². The van der Waals surface area contributed by atoms with E-state index in [0.717, 1.165) is 11.1 Å². The summed E-state index contributed by atoms with van der Waals surface area (Å²) in [4.78, 5) is 26.3. The molecule has 0 aliphatic rings. The molecule has 0 bridgehead atoms. The van der Waals surface area contributed by atoms with E-state index in [1.54, 1.807) is 6.92 Å². The van der Waals surface area contributed by atoms with Gasteiger partial charge in [0.15, 0.2) is 0 Å². The fourth-order valence-corrected chi connectivity index (χ4v) is 1.78. The lowest BCUT2D eigenvalue weighted by atomic mass is 10.1. The number of carbonyl (C=O) groups is 2. The van der Waals surface area contributed by atoms with Crippen molar-refractivity contribution in [3.63, 3.8) is 0 Å². The third kappa shape index (κ3) is 6.85. The minimum atomic E-state index is -0.966. The Kier molecular flexibility index (Phi) is 7.04. The van der Waals surface area contributed by atoms with Gasteiger partial charge in [0.1, 0.15) is 0 Å². The molecular weight excluding hydrogens is 284 g/mol. The number of carbonyl (C=O) groups excluding carboxylic acids is 1. The lowest BCUT2D eigenvalue weighted by Crippen LogP contribution is -2.40. The predicted molar refractivity (Wildman–Crippen MR) is 84.1 cm³/mol. The Balaban J connectivity index is 2.50. The first-order chi connectivity index (χ1) is 10.4. The van der Waals surface area contributed by atoms with Crippen molar-refractivity contribution in [3.8, 4) is 0 Å². The zero-order valence-corrected chi connectivity index (χ0v) is 12.6. The molecule has 0 aromatic heterocycles. The van der Waals surface area contributed by atoms with E-state index in [9.17, 15) is 9.59 Å². The Hall–Kier alpha value is -2.41. The van der Waals surface area contributed by atoms with Gasteiger partial charge in [-0.2, -0.15) is 0 Å². The zero-order chi connectivity index (χ0) is 16.5. The van der Waals surface area contributed by atoms with Gasteiger partial charge in [0.25, 0.3) is 0 Å². The molecule has 0 fully saturated rings. The molecule has 0 spiro atoms. The lowest BCUT2D eigenvalue weighted by molar-refractivity contribution is -0.137. The predicted octanol–water partition coefficient (Wildman–Crippen LogP) is 0.372. The quantitative estimate of drug-likeness (QED) is 0.407. The van der Waals surface area contributed by atoms with E-state index >= 15 is 0 Å². The molecule has 7 nitrogen and oxygen atoms in total. The fraction of sp³-hybridized carbons (Fsp3) is 0.400. The van der Waals surface area contributed by atoms with E-state index in [1.165, 1.54) is 0 Å². The molecule has 1 rings (SSSR count). The van der Waals surface area contributed by atoms with Crippen molar-refractivity contribution in [3.05, 3.63) is 35.4 Å². The number of nitrogens with two attached hydrogens (primary N) is 2. The second-order valence-corrected chi connectivity index (χ2v) is 5.03. The van der Waals surface area contributed by atoms with Crippen molar-refractivity contribution >= 4 is 17.7 Å². The first-order valence-corrected chi connectivity index (χ1v) is 6.98. The van der Waals surface area contributed by atoms with Crippen LogP contribution in [0.5, 0.6) is 0 Å². The van der Waals surface area contributed by atoms with Crippen LogP contribution in [0.2, 0.25) is 0 Å². The number of amidine groups is 1. The van der Waals surface area contributed by atoms with E-state index in [2.05, 4.69) is 10.3 Å². The third-order valence-corrected chi connectivity index (χ3v) is 2.98. The van der Waals surface area contributed by atoms with Gasteiger partial charge in [-0.05, 0) is 24.5 Å². The molecule has 1 amide bonds. The normalized spacial score (nSPS) is 12.7. The van der Waals surface area contributed by atoms with E-state index in [-0.39, 0.29) is 18.7 Å². The average molecular weight is 306 g/mol. The summed E-state index contributed by atoms with van der Waals surface area (Å²) in [5, 5.41) is 11.3. The van der Waals surface area contributed by atoms with Gasteiger partial charge in [-0.25, -0.2) is 0 Å². The van der Waals surface area contributed by atoms with Gasteiger partial charge in [-0.15, -0.1) is 0 Å². The standard InChI is InChI=1S/C15H22N4O3/c1-10(16)18-8-11-3-2-4-12(7-11)9-19-15(22)13(17)5-6-14(20)21/h2-4,7,13H,5-6,8-9,17H2,1H3,(H2,16,18)(H,19,22)(H,20,21)/t13-/m0/s1. The minimum absolute atomic E-state index is 0.117. The molecule has 0 aliphatic carbocycles. The van der Waals surface area contributed by atoms with Crippen LogP contribution in [0, 0.1) is 0 Å². The van der Waals surface area contributed by atoms with E-state index in [4.69, 9.17) is 16.6 Å². The fourth-order valence-electron chi connectivity index (χ4n) is 1.78. The summed E-state index contributed by atoms with van der Waals surface area (Å²) < 4.78 is 0. The van der Waals surface area contributed by atoms with Crippen LogP contribution in [0.1, 0.15) is 30.9 Å². The van der Waals surface area contributed by atoms with Crippen LogP contribution >= 0.6 is 0 Å². The molecule has 1 atom stereocenters. The summed E-state index contributed by atoms with van der Waals surface area (Å²) in [6.07, 6.45) is -0.00772. The highest BCUT2D eigenvalue weighted by atomic mass is 16.4. The molecule has 6 N–H and O–H groups in total. The number of carboxylic acids is 1. The van der Waals surface area contributed by atoms with Crippen LogP contribution in [0.15, 0.2) is 29.3 Å². The maximum absolute atomic E-state index is 11.8. The van der Waals surface area contributed by atoms with Gasteiger partial charge in [-0.3, -0.25) is 14.6 Å². The Bertz CT molecular complexity index is 553. The maximum atomic E-state index is 11.8. The Morgan fingerprint density at radius 2 is 2.05 bits per heavy atom. The minimum Gasteiger partial charge on any atom is -0.481 e. The van der Waals surface area contributed by atoms with Crippen LogP contribution in [0.25, 0.3) is 0 Å². The third-order valence-electron chi connectivity index (χ3n) is 2.98. The molecule has 1 aromatic carbocycles. The van der Waals surface area contributed by atoms with Gasteiger partial charge >= 0.3 is 5.97 Å². The van der Waals surface area contributed by atoms with Crippen molar-refractivity contribution in [2.75, 3.05) is 0 Å². The number of hydrogen-bond acceptors (Lipinski definition) is 4. The van der Waals surface area contributed by atoms with Crippen LogP contribution in [0.4, 0.5) is 0 Å². The van der Waals surface area contributed by atoms with Crippen LogP contribution in [-0.2, 0) is 22.7 Å². The number of benzene rings is 1. The first kappa shape index (κ1) is 17.6. The number of aliphatic carboxylic acids is 1. The number of nitrogens with one attached hydrogen (secondary N) is 1. The number of aliphatic imine (C=N–C) groups is 1. The maximum Gasteiger partial charge on any atom is 0.303 e. The van der Waals surface area contributed by atoms with Crippen molar-refractivity contribution in [2.45, 2.75) is 38.9 Å². The largest absolute Gasteiger partial charge is 0.481 e. The van der Waals surface area contributed by atoms with Crippen LogP contribution < -0.4 is 16.8 Å². The first-order valence-electron chi connectivity index (χ1n) is 6.98. The molecule has 0 saturated carbocycles. The second-order valence-electron chi connectivity index (χ2n) is 5.03. The van der Waals surface area contributed by atoms with Gasteiger partial charge in [0, 0.05) is 13.0 Å². The van der Waals surface area contributed by atoms with Gasteiger partial charge in [0.05, 0.1) is 18.4 Å². The monoisotopic (exact) mass is 306 g/mol. The summed E-state index contributed by atoms with van der Waals surface area (Å²) in [5.41, 5.74) is 13.0.